The molecule has 6 heteroatoms. The van der Waals surface area contributed by atoms with Crippen molar-refractivity contribution >= 4 is 12.1 Å². The van der Waals surface area contributed by atoms with Crippen molar-refractivity contribution in [1.29, 1.82) is 0 Å². The molecule has 0 aliphatic carbocycles. The molecule has 0 rings (SSSR count). The highest BCUT2D eigenvalue weighted by Crippen LogP contribution is 2.05. The van der Waals surface area contributed by atoms with Gasteiger partial charge in [-0.1, -0.05) is 6.92 Å². The first kappa shape index (κ1) is 13.7. The number of hydrazine groups is 1. The van der Waals surface area contributed by atoms with Gasteiger partial charge in [-0.3, -0.25) is 10.2 Å². The zero-order valence-electron chi connectivity index (χ0n) is 9.55. The molecule has 0 aromatic carbocycles. The molecule has 0 aromatic heterocycles. The number of amides is 1. The predicted molar refractivity (Wildman–Crippen MR) is 53.8 cm³/mol. The topological polar surface area (TPSA) is 76.7 Å². The zero-order chi connectivity index (χ0) is 11.9. The SMILES string of the molecule is CCC(=O)OCNNC(=O)OC(C)(C)C. The van der Waals surface area contributed by atoms with Gasteiger partial charge in [-0.2, -0.15) is 5.43 Å². The van der Waals surface area contributed by atoms with Crippen LogP contribution in [0.4, 0.5) is 4.79 Å². The summed E-state index contributed by atoms with van der Waals surface area (Å²) in [6, 6.07) is 0. The number of hydrogen-bond donors (Lipinski definition) is 2. The van der Waals surface area contributed by atoms with Gasteiger partial charge in [-0.05, 0) is 20.8 Å². The normalized spacial score (nSPS) is 10.7. The smallest absolute Gasteiger partial charge is 0.422 e. The molecule has 0 bridgehead atoms. The molecule has 0 spiro atoms. The molecule has 1 amide bonds. The minimum atomic E-state index is -0.616. The van der Waals surface area contributed by atoms with Gasteiger partial charge < -0.3 is 9.47 Å². The number of ether oxygens (including phenoxy) is 2. The summed E-state index contributed by atoms with van der Waals surface area (Å²) in [6.45, 7) is 6.87. The average Bonchev–Trinajstić information content (AvgIpc) is 2.09. The third-order valence-electron chi connectivity index (χ3n) is 1.18. The van der Waals surface area contributed by atoms with E-state index < -0.39 is 11.7 Å². The monoisotopic (exact) mass is 218 g/mol. The van der Waals surface area contributed by atoms with Gasteiger partial charge >= 0.3 is 12.1 Å². The highest BCUT2D eigenvalue weighted by molar-refractivity contribution is 5.69. The van der Waals surface area contributed by atoms with Gasteiger partial charge in [0.2, 0.25) is 0 Å². The Morgan fingerprint density at radius 2 is 1.87 bits per heavy atom. The fourth-order valence-electron chi connectivity index (χ4n) is 0.631. The van der Waals surface area contributed by atoms with E-state index in [1.165, 1.54) is 0 Å². The van der Waals surface area contributed by atoms with E-state index in [0.29, 0.717) is 6.42 Å². The zero-order valence-corrected chi connectivity index (χ0v) is 9.55. The van der Waals surface area contributed by atoms with Crippen LogP contribution >= 0.6 is 0 Å². The van der Waals surface area contributed by atoms with Crippen molar-refractivity contribution < 1.29 is 19.1 Å². The Morgan fingerprint density at radius 1 is 1.27 bits per heavy atom. The third kappa shape index (κ3) is 9.01. The van der Waals surface area contributed by atoms with Crippen molar-refractivity contribution in [1.82, 2.24) is 10.9 Å². The highest BCUT2D eigenvalue weighted by Gasteiger charge is 2.15. The molecule has 0 aliphatic heterocycles. The molecule has 0 radical (unpaired) electrons. The second-order valence-electron chi connectivity index (χ2n) is 3.82. The summed E-state index contributed by atoms with van der Waals surface area (Å²) in [7, 11) is 0. The standard InChI is InChI=1S/C9H18N2O4/c1-5-7(12)14-6-10-11-8(13)15-9(2,3)4/h10H,5-6H2,1-4H3,(H,11,13). The number of carbonyl (C=O) groups excluding carboxylic acids is 2. The van der Waals surface area contributed by atoms with Crippen LogP contribution in [0.5, 0.6) is 0 Å². The van der Waals surface area contributed by atoms with Crippen molar-refractivity contribution in [3.05, 3.63) is 0 Å². The van der Waals surface area contributed by atoms with E-state index in [0.717, 1.165) is 0 Å². The first-order valence-corrected chi connectivity index (χ1v) is 4.72. The number of carbonyl (C=O) groups is 2. The van der Waals surface area contributed by atoms with Crippen LogP contribution in [0.2, 0.25) is 0 Å². The van der Waals surface area contributed by atoms with Crippen LogP contribution in [-0.4, -0.2) is 24.4 Å². The van der Waals surface area contributed by atoms with Crippen molar-refractivity contribution in [2.75, 3.05) is 6.73 Å². The fourth-order valence-corrected chi connectivity index (χ4v) is 0.631. The fraction of sp³-hybridized carbons (Fsp3) is 0.778. The molecule has 88 valence electrons. The minimum absolute atomic E-state index is 0.0775. The maximum atomic E-state index is 11.0. The van der Waals surface area contributed by atoms with Crippen LogP contribution in [0.1, 0.15) is 34.1 Å². The molecule has 2 N–H and O–H groups in total. The second kappa shape index (κ2) is 6.23. The number of rotatable bonds is 4. The Morgan fingerprint density at radius 3 is 2.33 bits per heavy atom. The van der Waals surface area contributed by atoms with E-state index in [1.807, 2.05) is 0 Å². The van der Waals surface area contributed by atoms with Gasteiger partial charge in [-0.15, -0.1) is 0 Å². The van der Waals surface area contributed by atoms with Crippen molar-refractivity contribution in [3.63, 3.8) is 0 Å². The summed E-state index contributed by atoms with van der Waals surface area (Å²) < 4.78 is 9.57. The van der Waals surface area contributed by atoms with E-state index in [-0.39, 0.29) is 12.7 Å². The number of nitrogens with one attached hydrogen (secondary N) is 2. The summed E-state index contributed by atoms with van der Waals surface area (Å²) >= 11 is 0. The summed E-state index contributed by atoms with van der Waals surface area (Å²) in [4.78, 5) is 21.7. The van der Waals surface area contributed by atoms with Crippen LogP contribution in [0.15, 0.2) is 0 Å². The Balaban J connectivity index is 3.52. The van der Waals surface area contributed by atoms with E-state index in [1.54, 1.807) is 27.7 Å². The summed E-state index contributed by atoms with van der Waals surface area (Å²) in [6.07, 6.45) is -0.316. The Labute approximate surface area is 89.3 Å². The van der Waals surface area contributed by atoms with E-state index >= 15 is 0 Å². The van der Waals surface area contributed by atoms with E-state index in [9.17, 15) is 9.59 Å². The van der Waals surface area contributed by atoms with Gasteiger partial charge in [-0.25, -0.2) is 4.79 Å². The summed E-state index contributed by atoms with van der Waals surface area (Å²) in [5.74, 6) is -0.339. The minimum Gasteiger partial charge on any atom is -0.448 e. The predicted octanol–water partition coefficient (Wildman–Crippen LogP) is 0.926. The third-order valence-corrected chi connectivity index (χ3v) is 1.18. The number of esters is 1. The molecule has 0 saturated heterocycles. The molecule has 0 aromatic rings. The lowest BCUT2D eigenvalue weighted by molar-refractivity contribution is -0.144. The lowest BCUT2D eigenvalue weighted by Crippen LogP contribution is -2.42. The molecule has 0 unspecified atom stereocenters. The average molecular weight is 218 g/mol. The van der Waals surface area contributed by atoms with Crippen molar-refractivity contribution in [2.45, 2.75) is 39.7 Å². The van der Waals surface area contributed by atoms with Crippen LogP contribution in [0, 0.1) is 0 Å². The second-order valence-corrected chi connectivity index (χ2v) is 3.82. The van der Waals surface area contributed by atoms with Gasteiger partial charge in [0.1, 0.15) is 5.60 Å². The molecule has 6 nitrogen and oxygen atoms in total. The Hall–Kier alpha value is -1.30. The van der Waals surface area contributed by atoms with Gasteiger partial charge in [0, 0.05) is 6.42 Å². The highest BCUT2D eigenvalue weighted by atomic mass is 16.6. The molecule has 0 atom stereocenters. The Kier molecular flexibility index (Phi) is 5.69. The maximum absolute atomic E-state index is 11.0. The summed E-state index contributed by atoms with van der Waals surface area (Å²) in [5, 5.41) is 0. The molecule has 0 fully saturated rings. The maximum Gasteiger partial charge on any atom is 0.422 e. The van der Waals surface area contributed by atoms with E-state index in [4.69, 9.17) is 4.74 Å². The van der Waals surface area contributed by atoms with Crippen LogP contribution < -0.4 is 10.9 Å². The molecule has 0 saturated carbocycles. The largest absolute Gasteiger partial charge is 0.448 e. The van der Waals surface area contributed by atoms with Gasteiger partial charge in [0.15, 0.2) is 6.73 Å². The van der Waals surface area contributed by atoms with Crippen LogP contribution in [0.3, 0.4) is 0 Å². The first-order valence-electron chi connectivity index (χ1n) is 4.72. The Bertz CT molecular complexity index is 223. The lowest BCUT2D eigenvalue weighted by atomic mass is 10.2. The molecular formula is C9H18N2O4. The van der Waals surface area contributed by atoms with Crippen molar-refractivity contribution in [3.8, 4) is 0 Å². The quantitative estimate of drug-likeness (QED) is 0.317. The van der Waals surface area contributed by atoms with Crippen LogP contribution in [-0.2, 0) is 14.3 Å². The first-order chi connectivity index (χ1) is 6.85. The lowest BCUT2D eigenvalue weighted by Gasteiger charge is -2.19. The van der Waals surface area contributed by atoms with Gasteiger partial charge in [0.05, 0.1) is 0 Å². The summed E-state index contributed by atoms with van der Waals surface area (Å²) in [5.41, 5.74) is 4.09. The number of hydrogen-bond acceptors (Lipinski definition) is 5. The molecular weight excluding hydrogens is 200 g/mol. The molecule has 0 aliphatic rings. The van der Waals surface area contributed by atoms with E-state index in [2.05, 4.69) is 15.6 Å². The molecule has 15 heavy (non-hydrogen) atoms. The van der Waals surface area contributed by atoms with Crippen LogP contribution in [0.25, 0.3) is 0 Å². The van der Waals surface area contributed by atoms with Crippen molar-refractivity contribution in [2.24, 2.45) is 0 Å². The molecule has 0 heterocycles. The van der Waals surface area contributed by atoms with Gasteiger partial charge in [0.25, 0.3) is 0 Å².